The molecule has 0 saturated carbocycles. The largest absolute Gasteiger partial charge is 0.377 e. The number of hydrogen-bond donors (Lipinski definition) is 2. The summed E-state index contributed by atoms with van der Waals surface area (Å²) in [6.07, 6.45) is 0. The van der Waals surface area contributed by atoms with Crippen molar-refractivity contribution in [2.45, 2.75) is 6.04 Å². The van der Waals surface area contributed by atoms with Gasteiger partial charge in [0.05, 0.1) is 6.04 Å². The average molecular weight is 316 g/mol. The van der Waals surface area contributed by atoms with Crippen LogP contribution >= 0.6 is 34.8 Å². The highest BCUT2D eigenvalue weighted by atomic mass is 35.5. The van der Waals surface area contributed by atoms with Gasteiger partial charge >= 0.3 is 0 Å². The first kappa shape index (κ1) is 14.5. The van der Waals surface area contributed by atoms with E-state index in [1.807, 2.05) is 24.3 Å². The zero-order valence-corrected chi connectivity index (χ0v) is 12.3. The highest BCUT2D eigenvalue weighted by Crippen LogP contribution is 2.32. The van der Waals surface area contributed by atoms with Crippen LogP contribution in [0, 0.1) is 0 Å². The molecule has 1 unspecified atom stereocenters. The van der Waals surface area contributed by atoms with Crippen LogP contribution in [0.15, 0.2) is 42.5 Å². The lowest BCUT2D eigenvalue weighted by Gasteiger charge is -2.21. The van der Waals surface area contributed by atoms with Gasteiger partial charge in [-0.15, -0.1) is 0 Å². The van der Waals surface area contributed by atoms with Crippen LogP contribution in [0.1, 0.15) is 11.6 Å². The third-order valence-corrected chi connectivity index (χ3v) is 3.64. The quantitative estimate of drug-likeness (QED) is 0.853. The molecule has 2 rings (SSSR count). The lowest BCUT2D eigenvalue weighted by atomic mass is 10.1. The fraction of sp³-hybridized carbons (Fsp3) is 0.143. The number of nitrogens with two attached hydrogens (primary N) is 1. The average Bonchev–Trinajstić information content (AvgIpc) is 2.37. The van der Waals surface area contributed by atoms with Crippen molar-refractivity contribution >= 4 is 40.5 Å². The van der Waals surface area contributed by atoms with Crippen molar-refractivity contribution in [1.29, 1.82) is 0 Å². The van der Waals surface area contributed by atoms with Crippen LogP contribution in [0.5, 0.6) is 0 Å². The van der Waals surface area contributed by atoms with Gasteiger partial charge in [-0.3, -0.25) is 0 Å². The minimum absolute atomic E-state index is 0.167. The smallest absolute Gasteiger partial charge is 0.0665 e. The summed E-state index contributed by atoms with van der Waals surface area (Å²) < 4.78 is 0. The van der Waals surface area contributed by atoms with Crippen LogP contribution in [0.25, 0.3) is 0 Å². The van der Waals surface area contributed by atoms with E-state index < -0.39 is 0 Å². The van der Waals surface area contributed by atoms with Crippen molar-refractivity contribution in [1.82, 2.24) is 0 Å². The molecule has 0 aliphatic rings. The van der Waals surface area contributed by atoms with Gasteiger partial charge < -0.3 is 11.1 Å². The van der Waals surface area contributed by atoms with Gasteiger partial charge in [0.2, 0.25) is 0 Å². The SMILES string of the molecule is NCC(Nc1cccc(Cl)c1)c1c(Cl)cccc1Cl. The van der Waals surface area contributed by atoms with E-state index in [1.54, 1.807) is 18.2 Å². The summed E-state index contributed by atoms with van der Waals surface area (Å²) in [6.45, 7) is 0.371. The molecule has 0 aromatic heterocycles. The van der Waals surface area contributed by atoms with Crippen molar-refractivity contribution in [2.75, 3.05) is 11.9 Å². The Morgan fingerprint density at radius 1 is 1.00 bits per heavy atom. The highest BCUT2D eigenvalue weighted by Gasteiger charge is 2.16. The van der Waals surface area contributed by atoms with Gasteiger partial charge in [0, 0.05) is 32.9 Å². The molecule has 100 valence electrons. The van der Waals surface area contributed by atoms with Crippen LogP contribution in [0.4, 0.5) is 5.69 Å². The number of nitrogens with one attached hydrogen (secondary N) is 1. The molecule has 0 amide bonds. The first-order valence-electron chi connectivity index (χ1n) is 5.78. The Labute approximate surface area is 127 Å². The molecule has 0 fully saturated rings. The first-order chi connectivity index (χ1) is 9.11. The van der Waals surface area contributed by atoms with E-state index in [0.717, 1.165) is 11.3 Å². The Bertz CT molecular complexity index is 552. The molecule has 0 aliphatic heterocycles. The summed E-state index contributed by atoms with van der Waals surface area (Å²) in [5, 5.41) is 5.14. The maximum Gasteiger partial charge on any atom is 0.0665 e. The van der Waals surface area contributed by atoms with Crippen molar-refractivity contribution in [3.63, 3.8) is 0 Å². The predicted molar refractivity (Wildman–Crippen MR) is 83.3 cm³/mol. The van der Waals surface area contributed by atoms with Gasteiger partial charge in [0.15, 0.2) is 0 Å². The van der Waals surface area contributed by atoms with Crippen LogP contribution in [0.3, 0.4) is 0 Å². The molecule has 2 nitrogen and oxygen atoms in total. The second-order valence-electron chi connectivity index (χ2n) is 4.08. The Hall–Kier alpha value is -0.930. The van der Waals surface area contributed by atoms with E-state index in [-0.39, 0.29) is 6.04 Å². The maximum absolute atomic E-state index is 6.19. The lowest BCUT2D eigenvalue weighted by Crippen LogP contribution is -2.21. The predicted octanol–water partition coefficient (Wildman–Crippen LogP) is 4.76. The molecule has 3 N–H and O–H groups in total. The number of anilines is 1. The van der Waals surface area contributed by atoms with Gasteiger partial charge in [-0.2, -0.15) is 0 Å². The number of rotatable bonds is 4. The molecule has 1 atom stereocenters. The van der Waals surface area contributed by atoms with Crippen molar-refractivity contribution in [3.05, 3.63) is 63.1 Å². The molecule has 0 heterocycles. The molecule has 2 aromatic rings. The van der Waals surface area contributed by atoms with Gasteiger partial charge in [-0.25, -0.2) is 0 Å². The third kappa shape index (κ3) is 3.54. The monoisotopic (exact) mass is 314 g/mol. The minimum Gasteiger partial charge on any atom is -0.377 e. The Kier molecular flexibility index (Phi) is 4.94. The summed E-state index contributed by atoms with van der Waals surface area (Å²) in [6, 6.07) is 12.7. The topological polar surface area (TPSA) is 38.0 Å². The van der Waals surface area contributed by atoms with E-state index in [1.165, 1.54) is 0 Å². The van der Waals surface area contributed by atoms with E-state index in [4.69, 9.17) is 40.5 Å². The summed E-state index contributed by atoms with van der Waals surface area (Å²) in [5.41, 5.74) is 7.49. The molecular weight excluding hydrogens is 303 g/mol. The molecule has 0 aliphatic carbocycles. The van der Waals surface area contributed by atoms with Gasteiger partial charge in [0.25, 0.3) is 0 Å². The molecule has 2 aromatic carbocycles. The molecule has 5 heteroatoms. The maximum atomic E-state index is 6.19. The molecule has 19 heavy (non-hydrogen) atoms. The summed E-state index contributed by atoms with van der Waals surface area (Å²) in [5.74, 6) is 0. The minimum atomic E-state index is -0.167. The van der Waals surface area contributed by atoms with E-state index in [2.05, 4.69) is 5.32 Å². The van der Waals surface area contributed by atoms with Crippen LogP contribution in [-0.2, 0) is 0 Å². The Balaban J connectivity index is 2.30. The van der Waals surface area contributed by atoms with Crippen LogP contribution < -0.4 is 11.1 Å². The number of halogens is 3. The zero-order chi connectivity index (χ0) is 13.8. The van der Waals surface area contributed by atoms with Gasteiger partial charge in [-0.05, 0) is 30.3 Å². The zero-order valence-electron chi connectivity index (χ0n) is 10.0. The van der Waals surface area contributed by atoms with Crippen molar-refractivity contribution in [3.8, 4) is 0 Å². The fourth-order valence-electron chi connectivity index (χ4n) is 1.87. The third-order valence-electron chi connectivity index (χ3n) is 2.75. The second-order valence-corrected chi connectivity index (χ2v) is 5.33. The van der Waals surface area contributed by atoms with Crippen molar-refractivity contribution < 1.29 is 0 Å². The highest BCUT2D eigenvalue weighted by molar-refractivity contribution is 6.36. The van der Waals surface area contributed by atoms with Gasteiger partial charge in [0.1, 0.15) is 0 Å². The number of benzene rings is 2. The summed E-state index contributed by atoms with van der Waals surface area (Å²) >= 11 is 18.3. The molecule has 0 bridgehead atoms. The Morgan fingerprint density at radius 3 is 2.21 bits per heavy atom. The fourth-order valence-corrected chi connectivity index (χ4v) is 2.72. The van der Waals surface area contributed by atoms with Crippen LogP contribution in [0.2, 0.25) is 15.1 Å². The standard InChI is InChI=1S/C14H13Cl3N2/c15-9-3-1-4-10(7-9)19-13(8-18)14-11(16)5-2-6-12(14)17/h1-7,13,19H,8,18H2. The normalized spacial score (nSPS) is 12.2. The van der Waals surface area contributed by atoms with E-state index in [0.29, 0.717) is 21.6 Å². The van der Waals surface area contributed by atoms with Gasteiger partial charge in [-0.1, -0.05) is 46.9 Å². The summed E-state index contributed by atoms with van der Waals surface area (Å²) in [7, 11) is 0. The van der Waals surface area contributed by atoms with E-state index >= 15 is 0 Å². The number of hydrogen-bond acceptors (Lipinski definition) is 2. The van der Waals surface area contributed by atoms with Crippen molar-refractivity contribution in [2.24, 2.45) is 5.73 Å². The second kappa shape index (κ2) is 6.49. The molecule has 0 spiro atoms. The molecule has 0 saturated heterocycles. The summed E-state index contributed by atoms with van der Waals surface area (Å²) in [4.78, 5) is 0. The molecule has 0 radical (unpaired) electrons. The van der Waals surface area contributed by atoms with E-state index in [9.17, 15) is 0 Å². The first-order valence-corrected chi connectivity index (χ1v) is 6.91. The lowest BCUT2D eigenvalue weighted by molar-refractivity contribution is 0.790. The molecular formula is C14H13Cl3N2. The Morgan fingerprint density at radius 2 is 1.63 bits per heavy atom. The van der Waals surface area contributed by atoms with Crippen LogP contribution in [-0.4, -0.2) is 6.54 Å².